The number of piperidine rings is 1. The largest absolute Gasteiger partial charge is 0.303 e. The molecular formula is C17H26N2O3S. The van der Waals surface area contributed by atoms with Crippen LogP contribution in [-0.4, -0.2) is 45.3 Å². The van der Waals surface area contributed by atoms with E-state index in [1.165, 1.54) is 31.9 Å². The summed E-state index contributed by atoms with van der Waals surface area (Å²) in [6.07, 6.45) is 3.27. The van der Waals surface area contributed by atoms with E-state index in [4.69, 9.17) is 0 Å². The first-order valence-electron chi connectivity index (χ1n) is 8.21. The van der Waals surface area contributed by atoms with Gasteiger partial charge in [0.2, 0.25) is 10.0 Å². The van der Waals surface area contributed by atoms with E-state index in [1.807, 2.05) is 0 Å². The van der Waals surface area contributed by atoms with E-state index in [1.54, 1.807) is 12.1 Å². The number of sulfonamides is 1. The number of nitrogens with one attached hydrogen (secondary N) is 1. The molecule has 0 atom stereocenters. The summed E-state index contributed by atoms with van der Waals surface area (Å²) in [6, 6.07) is 6.05. The number of rotatable bonds is 7. The van der Waals surface area contributed by atoms with E-state index in [2.05, 4.69) is 16.5 Å². The second kappa shape index (κ2) is 8.04. The predicted octanol–water partition coefficient (Wildman–Crippen LogP) is 2.29. The SMILES string of the molecule is CC(=O)c1ccc(S(=O)(=O)NCCCN2CCC(C)CC2)cc1. The average Bonchev–Trinajstić information content (AvgIpc) is 2.53. The van der Waals surface area contributed by atoms with Gasteiger partial charge in [-0.15, -0.1) is 0 Å². The van der Waals surface area contributed by atoms with Crippen LogP contribution in [-0.2, 0) is 10.0 Å². The first kappa shape index (κ1) is 18.1. The standard InChI is InChI=1S/C17H26N2O3S/c1-14-8-12-19(13-9-14)11-3-10-18-23(21,22)17-6-4-16(5-7-17)15(2)20/h4-7,14,18H,3,8-13H2,1-2H3. The molecule has 5 nitrogen and oxygen atoms in total. The van der Waals surface area contributed by atoms with Crippen molar-refractivity contribution in [1.29, 1.82) is 0 Å². The molecule has 1 fully saturated rings. The first-order valence-corrected chi connectivity index (χ1v) is 9.70. The van der Waals surface area contributed by atoms with Gasteiger partial charge in [0, 0.05) is 12.1 Å². The molecular weight excluding hydrogens is 312 g/mol. The van der Waals surface area contributed by atoms with Gasteiger partial charge in [-0.25, -0.2) is 13.1 Å². The molecule has 128 valence electrons. The Bertz CT molecular complexity index is 618. The van der Waals surface area contributed by atoms with E-state index in [0.717, 1.165) is 32.0 Å². The number of hydrogen-bond acceptors (Lipinski definition) is 4. The van der Waals surface area contributed by atoms with Crippen molar-refractivity contribution in [3.63, 3.8) is 0 Å². The fraction of sp³-hybridized carbons (Fsp3) is 0.588. The van der Waals surface area contributed by atoms with Gasteiger partial charge in [0.25, 0.3) is 0 Å². The van der Waals surface area contributed by atoms with Crippen molar-refractivity contribution in [2.24, 2.45) is 5.92 Å². The van der Waals surface area contributed by atoms with Crippen molar-refractivity contribution >= 4 is 15.8 Å². The zero-order valence-corrected chi connectivity index (χ0v) is 14.7. The summed E-state index contributed by atoms with van der Waals surface area (Å²) in [4.78, 5) is 13.8. The van der Waals surface area contributed by atoms with Crippen molar-refractivity contribution in [2.75, 3.05) is 26.2 Å². The molecule has 0 unspecified atom stereocenters. The Balaban J connectivity index is 1.78. The lowest BCUT2D eigenvalue weighted by atomic mass is 9.99. The number of carbonyl (C=O) groups excluding carboxylic acids is 1. The summed E-state index contributed by atoms with van der Waals surface area (Å²) < 4.78 is 27.0. The molecule has 0 spiro atoms. The molecule has 1 saturated heterocycles. The Morgan fingerprint density at radius 3 is 2.39 bits per heavy atom. The van der Waals surface area contributed by atoms with Gasteiger partial charge in [-0.05, 0) is 63.9 Å². The van der Waals surface area contributed by atoms with Gasteiger partial charge in [-0.2, -0.15) is 0 Å². The zero-order valence-electron chi connectivity index (χ0n) is 13.9. The van der Waals surface area contributed by atoms with Crippen LogP contribution in [0.4, 0.5) is 0 Å². The Morgan fingerprint density at radius 2 is 1.83 bits per heavy atom. The molecule has 1 aromatic carbocycles. The van der Waals surface area contributed by atoms with Crippen molar-refractivity contribution in [3.05, 3.63) is 29.8 Å². The van der Waals surface area contributed by atoms with Crippen LogP contribution < -0.4 is 4.72 Å². The van der Waals surface area contributed by atoms with Gasteiger partial charge in [0.15, 0.2) is 5.78 Å². The smallest absolute Gasteiger partial charge is 0.240 e. The van der Waals surface area contributed by atoms with Gasteiger partial charge in [-0.3, -0.25) is 4.79 Å². The fourth-order valence-corrected chi connectivity index (χ4v) is 3.82. The summed E-state index contributed by atoms with van der Waals surface area (Å²) in [5.74, 6) is 0.737. The topological polar surface area (TPSA) is 66.5 Å². The monoisotopic (exact) mass is 338 g/mol. The number of ketones is 1. The minimum atomic E-state index is -3.49. The van der Waals surface area contributed by atoms with Gasteiger partial charge in [-0.1, -0.05) is 19.1 Å². The Kier molecular flexibility index (Phi) is 6.33. The minimum absolute atomic E-state index is 0.0715. The predicted molar refractivity (Wildman–Crippen MR) is 91.1 cm³/mol. The molecule has 23 heavy (non-hydrogen) atoms. The first-order chi connectivity index (χ1) is 10.9. The molecule has 1 aliphatic rings. The maximum absolute atomic E-state index is 12.2. The fourth-order valence-electron chi connectivity index (χ4n) is 2.75. The Labute approximate surface area is 139 Å². The van der Waals surface area contributed by atoms with Gasteiger partial charge >= 0.3 is 0 Å². The van der Waals surface area contributed by atoms with Crippen molar-refractivity contribution in [1.82, 2.24) is 9.62 Å². The average molecular weight is 338 g/mol. The van der Waals surface area contributed by atoms with Crippen molar-refractivity contribution < 1.29 is 13.2 Å². The quantitative estimate of drug-likeness (QED) is 0.612. The van der Waals surface area contributed by atoms with Gasteiger partial charge in [0.1, 0.15) is 0 Å². The highest BCUT2D eigenvalue weighted by Crippen LogP contribution is 2.16. The van der Waals surface area contributed by atoms with Crippen LogP contribution in [0.1, 0.15) is 43.5 Å². The van der Waals surface area contributed by atoms with E-state index < -0.39 is 10.0 Å². The van der Waals surface area contributed by atoms with Gasteiger partial charge in [0.05, 0.1) is 4.90 Å². The number of Topliss-reactive ketones (excluding diaryl/α,β-unsaturated/α-hetero) is 1. The third-order valence-corrected chi connectivity index (χ3v) is 5.87. The summed E-state index contributed by atoms with van der Waals surface area (Å²) in [6.45, 7) is 7.33. The van der Waals surface area contributed by atoms with E-state index >= 15 is 0 Å². The lowest BCUT2D eigenvalue weighted by Crippen LogP contribution is -2.35. The number of benzene rings is 1. The molecule has 1 aliphatic heterocycles. The van der Waals surface area contributed by atoms with Crippen LogP contribution in [0.3, 0.4) is 0 Å². The normalized spacial score (nSPS) is 17.3. The summed E-state index contributed by atoms with van der Waals surface area (Å²) in [7, 11) is -3.49. The maximum Gasteiger partial charge on any atom is 0.240 e. The van der Waals surface area contributed by atoms with E-state index in [0.29, 0.717) is 12.1 Å². The van der Waals surface area contributed by atoms with Crippen LogP contribution >= 0.6 is 0 Å². The Morgan fingerprint density at radius 1 is 1.22 bits per heavy atom. The van der Waals surface area contributed by atoms with E-state index in [-0.39, 0.29) is 10.7 Å². The van der Waals surface area contributed by atoms with Crippen LogP contribution in [0, 0.1) is 5.92 Å². The zero-order chi connectivity index (χ0) is 16.9. The van der Waals surface area contributed by atoms with Crippen molar-refractivity contribution in [3.8, 4) is 0 Å². The molecule has 0 amide bonds. The van der Waals surface area contributed by atoms with Crippen LogP contribution in [0.25, 0.3) is 0 Å². The number of hydrogen-bond donors (Lipinski definition) is 1. The number of carbonyl (C=O) groups is 1. The van der Waals surface area contributed by atoms with Gasteiger partial charge < -0.3 is 4.90 Å². The molecule has 1 heterocycles. The summed E-state index contributed by atoms with van der Waals surface area (Å²) in [5, 5.41) is 0. The third-order valence-electron chi connectivity index (χ3n) is 4.39. The third kappa shape index (κ3) is 5.41. The number of nitrogens with zero attached hydrogens (tertiary/aromatic N) is 1. The molecule has 2 rings (SSSR count). The molecule has 1 N–H and O–H groups in total. The highest BCUT2D eigenvalue weighted by molar-refractivity contribution is 7.89. The van der Waals surface area contributed by atoms with E-state index in [9.17, 15) is 13.2 Å². The molecule has 0 saturated carbocycles. The van der Waals surface area contributed by atoms with Crippen LogP contribution in [0.5, 0.6) is 0 Å². The molecule has 0 bridgehead atoms. The minimum Gasteiger partial charge on any atom is -0.303 e. The lowest BCUT2D eigenvalue weighted by molar-refractivity contribution is 0.101. The highest BCUT2D eigenvalue weighted by Gasteiger charge is 2.16. The molecule has 1 aromatic rings. The summed E-state index contributed by atoms with van der Waals surface area (Å²) in [5.41, 5.74) is 0.517. The second-order valence-electron chi connectivity index (χ2n) is 6.36. The number of likely N-dealkylation sites (tertiary alicyclic amines) is 1. The Hall–Kier alpha value is -1.24. The summed E-state index contributed by atoms with van der Waals surface area (Å²) >= 11 is 0. The van der Waals surface area contributed by atoms with Crippen LogP contribution in [0.2, 0.25) is 0 Å². The molecule has 0 aromatic heterocycles. The van der Waals surface area contributed by atoms with Crippen LogP contribution in [0.15, 0.2) is 29.2 Å². The maximum atomic E-state index is 12.2. The molecule has 6 heteroatoms. The highest BCUT2D eigenvalue weighted by atomic mass is 32.2. The molecule has 0 aliphatic carbocycles. The second-order valence-corrected chi connectivity index (χ2v) is 8.12. The molecule has 0 radical (unpaired) electrons. The van der Waals surface area contributed by atoms with Crippen molar-refractivity contribution in [2.45, 2.75) is 38.0 Å². The lowest BCUT2D eigenvalue weighted by Gasteiger charge is -2.30.